The van der Waals surface area contributed by atoms with E-state index in [1.807, 2.05) is 0 Å². The number of alkyl carbamates (subject to hydrolysis) is 1. The minimum atomic E-state index is -1.66. The van der Waals surface area contributed by atoms with Gasteiger partial charge < -0.3 is 55.1 Å². The maximum atomic E-state index is 13.2. The minimum absolute atomic E-state index is 0.0176. The number of carbonyl (C=O) groups excluding carboxylic acids is 2. The predicted octanol–water partition coefficient (Wildman–Crippen LogP) is 10.9. The molecule has 1 aliphatic rings. The van der Waals surface area contributed by atoms with Crippen LogP contribution in [0, 0.1) is 0 Å². The summed E-state index contributed by atoms with van der Waals surface area (Å²) in [7, 11) is 1.47. The maximum absolute atomic E-state index is 13.2. The lowest BCUT2D eigenvalue weighted by Crippen LogP contribution is -2.61. The number of carbonyl (C=O) groups is 2. The van der Waals surface area contributed by atoms with Gasteiger partial charge >= 0.3 is 6.09 Å². The number of aliphatic hydroxyl groups excluding tert-OH is 5. The van der Waals surface area contributed by atoms with Crippen molar-refractivity contribution in [3.05, 3.63) is 0 Å². The van der Waals surface area contributed by atoms with Gasteiger partial charge in [-0.25, -0.2) is 4.79 Å². The lowest BCUT2D eigenvalue weighted by molar-refractivity contribution is -0.297. The van der Waals surface area contributed by atoms with Crippen molar-refractivity contribution in [1.82, 2.24) is 10.6 Å². The molecule has 13 heteroatoms. The summed E-state index contributed by atoms with van der Waals surface area (Å²) in [6, 6.07) is -1.03. The van der Waals surface area contributed by atoms with Crippen molar-refractivity contribution in [3.8, 4) is 0 Å². The molecular formula is C54H106N2O11. The smallest absolute Gasteiger partial charge is 0.407 e. The fourth-order valence-corrected chi connectivity index (χ4v) is 9.08. The summed E-state index contributed by atoms with van der Waals surface area (Å²) in [4.78, 5) is 25.3. The Hall–Kier alpha value is -1.58. The fraction of sp³-hybridized carbons (Fsp3) is 0.963. The summed E-state index contributed by atoms with van der Waals surface area (Å²) in [6.45, 7) is 4.14. The van der Waals surface area contributed by atoms with Crippen LogP contribution in [0.5, 0.6) is 0 Å². The van der Waals surface area contributed by atoms with E-state index in [1.54, 1.807) is 0 Å². The fourth-order valence-electron chi connectivity index (χ4n) is 9.08. The molecule has 0 spiro atoms. The van der Waals surface area contributed by atoms with Crippen LogP contribution in [-0.2, 0) is 23.7 Å². The summed E-state index contributed by atoms with van der Waals surface area (Å²) in [5.74, 6) is -0.275. The number of methoxy groups -OCH3 is 1. The zero-order chi connectivity index (χ0) is 49.0. The van der Waals surface area contributed by atoms with Crippen molar-refractivity contribution < 1.29 is 54.1 Å². The third kappa shape index (κ3) is 35.2. The van der Waals surface area contributed by atoms with E-state index in [9.17, 15) is 35.1 Å². The van der Waals surface area contributed by atoms with Crippen LogP contribution in [-0.4, -0.2) is 120 Å². The van der Waals surface area contributed by atoms with Crippen molar-refractivity contribution in [1.29, 1.82) is 0 Å². The van der Waals surface area contributed by atoms with Gasteiger partial charge in [0.25, 0.3) is 0 Å². The van der Waals surface area contributed by atoms with Gasteiger partial charge in [-0.05, 0) is 12.8 Å². The Labute approximate surface area is 409 Å². The number of aliphatic hydroxyl groups is 5. The van der Waals surface area contributed by atoms with Crippen molar-refractivity contribution in [3.63, 3.8) is 0 Å². The Balaban J connectivity index is 2.44. The van der Waals surface area contributed by atoms with Crippen LogP contribution in [0.3, 0.4) is 0 Å². The molecule has 1 aliphatic heterocycles. The Morgan fingerprint density at radius 1 is 0.537 bits per heavy atom. The molecule has 1 saturated heterocycles. The van der Waals surface area contributed by atoms with Crippen LogP contribution in [0.1, 0.15) is 251 Å². The molecule has 1 fully saturated rings. The van der Waals surface area contributed by atoms with Gasteiger partial charge in [-0.2, -0.15) is 0 Å². The topological polar surface area (TPSA) is 196 Å². The molecular weight excluding hydrogens is 853 g/mol. The summed E-state index contributed by atoms with van der Waals surface area (Å²) in [5.41, 5.74) is 0. The number of hydrogen-bond acceptors (Lipinski definition) is 11. The first kappa shape index (κ1) is 63.4. The third-order valence-electron chi connectivity index (χ3n) is 13.6. The number of hydrogen-bond donors (Lipinski definition) is 7. The van der Waals surface area contributed by atoms with E-state index in [0.29, 0.717) is 12.8 Å². The molecule has 67 heavy (non-hydrogen) atoms. The molecule has 0 aromatic carbocycles. The molecule has 0 bridgehead atoms. The lowest BCUT2D eigenvalue weighted by atomic mass is 9.98. The summed E-state index contributed by atoms with van der Waals surface area (Å²) >= 11 is 0. The Morgan fingerprint density at radius 3 is 1.36 bits per heavy atom. The summed E-state index contributed by atoms with van der Waals surface area (Å²) in [5, 5.41) is 59.6. The van der Waals surface area contributed by atoms with E-state index in [4.69, 9.17) is 18.9 Å². The van der Waals surface area contributed by atoms with Gasteiger partial charge in [0.1, 0.15) is 37.1 Å². The van der Waals surface area contributed by atoms with Crippen molar-refractivity contribution in [2.24, 2.45) is 0 Å². The molecule has 0 aromatic rings. The second-order valence-electron chi connectivity index (χ2n) is 19.8. The van der Waals surface area contributed by atoms with Crippen molar-refractivity contribution in [2.45, 2.75) is 300 Å². The van der Waals surface area contributed by atoms with E-state index >= 15 is 0 Å². The quantitative estimate of drug-likeness (QED) is 0.0287. The summed E-state index contributed by atoms with van der Waals surface area (Å²) < 4.78 is 21.4. The minimum Gasteiger partial charge on any atom is -0.447 e. The largest absolute Gasteiger partial charge is 0.447 e. The molecule has 398 valence electrons. The van der Waals surface area contributed by atoms with Gasteiger partial charge in [0.05, 0.1) is 25.4 Å². The average molecular weight is 959 g/mol. The van der Waals surface area contributed by atoms with Crippen molar-refractivity contribution >= 4 is 12.0 Å². The highest BCUT2D eigenvalue weighted by atomic mass is 16.7. The molecule has 0 unspecified atom stereocenters. The Bertz CT molecular complexity index is 1110. The number of rotatable bonds is 48. The van der Waals surface area contributed by atoms with E-state index in [-0.39, 0.29) is 38.7 Å². The number of ether oxygens (including phenoxy) is 4. The molecule has 7 N–H and O–H groups in total. The SMILES string of the molecule is CCCCCCCCCCCCCCCCCCCCCCCCCC(=O)N[C@@H](CO[C@H]1O[C@H](CNC(=O)OCCOC)[C@H](O)[C@H](O)[C@H]1O)[C@H](O)[C@H](O)CCCCCCCCCCCCCC. The van der Waals surface area contributed by atoms with E-state index in [0.717, 1.165) is 44.9 Å². The molecule has 0 saturated carbocycles. The predicted molar refractivity (Wildman–Crippen MR) is 270 cm³/mol. The van der Waals surface area contributed by atoms with Gasteiger partial charge in [-0.3, -0.25) is 4.79 Å². The van der Waals surface area contributed by atoms with Crippen LogP contribution < -0.4 is 10.6 Å². The number of nitrogens with one attached hydrogen (secondary N) is 2. The molecule has 2 amide bonds. The first-order valence-electron chi connectivity index (χ1n) is 28.0. The van der Waals surface area contributed by atoms with Gasteiger partial charge in [0.15, 0.2) is 6.29 Å². The first-order valence-corrected chi connectivity index (χ1v) is 28.0. The molecule has 0 aromatic heterocycles. The second kappa shape index (κ2) is 45.6. The average Bonchev–Trinajstić information content (AvgIpc) is 3.32. The van der Waals surface area contributed by atoms with Gasteiger partial charge in [0, 0.05) is 20.1 Å². The molecule has 1 heterocycles. The Morgan fingerprint density at radius 2 is 0.940 bits per heavy atom. The monoisotopic (exact) mass is 959 g/mol. The van der Waals surface area contributed by atoms with Crippen LogP contribution in [0.15, 0.2) is 0 Å². The lowest BCUT2D eigenvalue weighted by Gasteiger charge is -2.41. The van der Waals surface area contributed by atoms with Crippen LogP contribution >= 0.6 is 0 Å². The normalized spacial score (nSPS) is 19.9. The Kier molecular flexibility index (Phi) is 43.1. The molecule has 0 radical (unpaired) electrons. The zero-order valence-corrected chi connectivity index (χ0v) is 43.3. The van der Waals surface area contributed by atoms with E-state index in [1.165, 1.54) is 180 Å². The highest BCUT2D eigenvalue weighted by molar-refractivity contribution is 5.76. The molecule has 0 aliphatic carbocycles. The van der Waals surface area contributed by atoms with Crippen LogP contribution in [0.2, 0.25) is 0 Å². The van der Waals surface area contributed by atoms with Crippen LogP contribution in [0.25, 0.3) is 0 Å². The number of unbranched alkanes of at least 4 members (excludes halogenated alkanes) is 33. The standard InChI is InChI=1S/C54H106N2O11/c1-4-6-8-10-12-14-16-18-19-20-21-22-23-24-25-26-27-28-30-32-34-36-38-40-48(58)56-45(49(59)46(57)39-37-35-33-31-29-17-15-13-11-9-7-5-2)44-66-53-52(62)51(61)50(60)47(67-53)43-55-54(63)65-42-41-64-3/h45-47,49-53,57,59-62H,4-44H2,1-3H3,(H,55,63)(H,56,58)/t45-,46+,47+,49-,50-,51-,52+,53-/m0/s1. The van der Waals surface area contributed by atoms with Crippen LogP contribution in [0.4, 0.5) is 4.79 Å². The second-order valence-corrected chi connectivity index (χ2v) is 19.8. The van der Waals surface area contributed by atoms with E-state index < -0.39 is 55.0 Å². The zero-order valence-electron chi connectivity index (χ0n) is 43.3. The van der Waals surface area contributed by atoms with Gasteiger partial charge in [0.2, 0.25) is 5.91 Å². The van der Waals surface area contributed by atoms with Gasteiger partial charge in [-0.15, -0.1) is 0 Å². The molecule has 1 rings (SSSR count). The van der Waals surface area contributed by atoms with Crippen molar-refractivity contribution in [2.75, 3.05) is 33.5 Å². The maximum Gasteiger partial charge on any atom is 0.407 e. The van der Waals surface area contributed by atoms with E-state index in [2.05, 4.69) is 24.5 Å². The highest BCUT2D eigenvalue weighted by Crippen LogP contribution is 2.24. The third-order valence-corrected chi connectivity index (χ3v) is 13.6. The number of amides is 2. The highest BCUT2D eigenvalue weighted by Gasteiger charge is 2.45. The summed E-state index contributed by atoms with van der Waals surface area (Å²) in [6.07, 6.45) is 33.9. The van der Waals surface area contributed by atoms with Gasteiger partial charge in [-0.1, -0.05) is 232 Å². The molecule has 8 atom stereocenters. The molecule has 13 nitrogen and oxygen atoms in total. The first-order chi connectivity index (χ1) is 32.7.